The van der Waals surface area contributed by atoms with Gasteiger partial charge in [-0.25, -0.2) is 4.68 Å². The minimum Gasteiger partial charge on any atom is -0.376 e. The van der Waals surface area contributed by atoms with Crippen LogP contribution in [0.5, 0.6) is 0 Å². The SMILES string of the molecule is CC1CN(Cc2cccc(CNC(=O)c3cnn(-c4ccc(Br)cc4)c3)c2)CCO1. The van der Waals surface area contributed by atoms with Gasteiger partial charge >= 0.3 is 0 Å². The summed E-state index contributed by atoms with van der Waals surface area (Å²) in [5.41, 5.74) is 3.78. The standard InChI is InChI=1S/C23H25BrN4O2/c1-17-14-27(9-10-30-17)15-19-4-2-3-18(11-19)12-25-23(29)20-13-26-28(16-20)22-7-5-21(24)6-8-22/h2-8,11,13,16-17H,9-10,12,14-15H2,1H3,(H,25,29). The summed E-state index contributed by atoms with van der Waals surface area (Å²) >= 11 is 3.42. The Labute approximate surface area is 185 Å². The molecule has 0 radical (unpaired) electrons. The zero-order valence-corrected chi connectivity index (χ0v) is 18.5. The summed E-state index contributed by atoms with van der Waals surface area (Å²) in [6.07, 6.45) is 3.61. The van der Waals surface area contributed by atoms with Crippen LogP contribution in [0.3, 0.4) is 0 Å². The number of aromatic nitrogens is 2. The molecule has 156 valence electrons. The van der Waals surface area contributed by atoms with Gasteiger partial charge < -0.3 is 10.1 Å². The minimum atomic E-state index is -0.134. The predicted octanol–water partition coefficient (Wildman–Crippen LogP) is 3.79. The van der Waals surface area contributed by atoms with E-state index < -0.39 is 0 Å². The largest absolute Gasteiger partial charge is 0.376 e. The molecule has 1 unspecified atom stereocenters. The number of nitrogens with one attached hydrogen (secondary N) is 1. The van der Waals surface area contributed by atoms with E-state index in [2.05, 4.69) is 50.3 Å². The van der Waals surface area contributed by atoms with E-state index in [9.17, 15) is 4.79 Å². The van der Waals surface area contributed by atoms with Gasteiger partial charge in [-0.3, -0.25) is 9.69 Å². The van der Waals surface area contributed by atoms with Gasteiger partial charge in [-0.15, -0.1) is 0 Å². The van der Waals surface area contributed by atoms with Crippen LogP contribution in [-0.4, -0.2) is 46.4 Å². The van der Waals surface area contributed by atoms with Crippen LogP contribution in [0.25, 0.3) is 5.69 Å². The summed E-state index contributed by atoms with van der Waals surface area (Å²) in [5.74, 6) is -0.134. The topological polar surface area (TPSA) is 59.4 Å². The maximum absolute atomic E-state index is 12.6. The summed E-state index contributed by atoms with van der Waals surface area (Å²) in [5, 5.41) is 7.30. The Bertz CT molecular complexity index is 1000. The Morgan fingerprint density at radius 2 is 2.03 bits per heavy atom. The summed E-state index contributed by atoms with van der Waals surface area (Å²) in [4.78, 5) is 15.0. The van der Waals surface area contributed by atoms with Gasteiger partial charge in [0.25, 0.3) is 5.91 Å². The normalized spacial score (nSPS) is 17.1. The first-order valence-electron chi connectivity index (χ1n) is 10.1. The van der Waals surface area contributed by atoms with E-state index in [0.29, 0.717) is 12.1 Å². The minimum absolute atomic E-state index is 0.134. The van der Waals surface area contributed by atoms with Gasteiger partial charge in [0.05, 0.1) is 30.2 Å². The summed E-state index contributed by atoms with van der Waals surface area (Å²) < 4.78 is 8.31. The molecule has 1 saturated heterocycles. The highest BCUT2D eigenvalue weighted by Gasteiger charge is 2.16. The highest BCUT2D eigenvalue weighted by molar-refractivity contribution is 9.10. The molecule has 1 N–H and O–H groups in total. The molecule has 7 heteroatoms. The van der Waals surface area contributed by atoms with E-state index in [1.165, 1.54) is 5.56 Å². The molecule has 2 aromatic carbocycles. The highest BCUT2D eigenvalue weighted by Crippen LogP contribution is 2.15. The van der Waals surface area contributed by atoms with E-state index in [0.717, 1.165) is 42.0 Å². The number of benzene rings is 2. The summed E-state index contributed by atoms with van der Waals surface area (Å²) in [7, 11) is 0. The zero-order chi connectivity index (χ0) is 20.9. The van der Waals surface area contributed by atoms with Gasteiger partial charge in [0.2, 0.25) is 0 Å². The van der Waals surface area contributed by atoms with E-state index >= 15 is 0 Å². The third-order valence-electron chi connectivity index (χ3n) is 5.11. The zero-order valence-electron chi connectivity index (χ0n) is 16.9. The highest BCUT2D eigenvalue weighted by atomic mass is 79.9. The fraction of sp³-hybridized carbons (Fsp3) is 0.304. The Kier molecular flexibility index (Phi) is 6.62. The van der Waals surface area contributed by atoms with Crippen LogP contribution in [0.1, 0.15) is 28.4 Å². The Morgan fingerprint density at radius 1 is 1.23 bits per heavy atom. The van der Waals surface area contributed by atoms with Crippen molar-refractivity contribution in [3.05, 3.63) is 82.1 Å². The second kappa shape index (κ2) is 9.55. The van der Waals surface area contributed by atoms with Gasteiger partial charge in [-0.1, -0.05) is 40.2 Å². The average molecular weight is 469 g/mol. The molecule has 0 bridgehead atoms. The van der Waals surface area contributed by atoms with Gasteiger partial charge in [0.15, 0.2) is 0 Å². The molecule has 0 aliphatic carbocycles. The first-order chi connectivity index (χ1) is 14.6. The fourth-order valence-electron chi connectivity index (χ4n) is 3.59. The van der Waals surface area contributed by atoms with Crippen LogP contribution < -0.4 is 5.32 Å². The molecule has 1 aliphatic heterocycles. The van der Waals surface area contributed by atoms with E-state index in [4.69, 9.17) is 4.74 Å². The monoisotopic (exact) mass is 468 g/mol. The van der Waals surface area contributed by atoms with Crippen molar-refractivity contribution in [3.63, 3.8) is 0 Å². The van der Waals surface area contributed by atoms with Gasteiger partial charge in [0, 0.05) is 36.8 Å². The van der Waals surface area contributed by atoms with Crippen molar-refractivity contribution in [3.8, 4) is 5.69 Å². The molecule has 1 fully saturated rings. The number of ether oxygens (including phenoxy) is 1. The molecule has 30 heavy (non-hydrogen) atoms. The first kappa shape index (κ1) is 20.8. The number of nitrogens with zero attached hydrogens (tertiary/aromatic N) is 3. The summed E-state index contributed by atoms with van der Waals surface area (Å²) in [6, 6.07) is 16.2. The lowest BCUT2D eigenvalue weighted by Gasteiger charge is -2.31. The summed E-state index contributed by atoms with van der Waals surface area (Å²) in [6.45, 7) is 6.17. The lowest BCUT2D eigenvalue weighted by atomic mass is 10.1. The fourth-order valence-corrected chi connectivity index (χ4v) is 3.85. The molecule has 4 rings (SSSR count). The molecular weight excluding hydrogens is 444 g/mol. The predicted molar refractivity (Wildman–Crippen MR) is 120 cm³/mol. The lowest BCUT2D eigenvalue weighted by molar-refractivity contribution is -0.0212. The van der Waals surface area contributed by atoms with Gasteiger partial charge in [-0.05, 0) is 42.3 Å². The molecule has 6 nitrogen and oxygen atoms in total. The Morgan fingerprint density at radius 3 is 2.83 bits per heavy atom. The average Bonchev–Trinajstić information content (AvgIpc) is 3.23. The van der Waals surface area contributed by atoms with E-state index in [1.54, 1.807) is 17.1 Å². The maximum Gasteiger partial charge on any atom is 0.254 e. The van der Waals surface area contributed by atoms with Crippen LogP contribution in [0, 0.1) is 0 Å². The van der Waals surface area contributed by atoms with Crippen LogP contribution in [0.15, 0.2) is 65.4 Å². The number of amides is 1. The van der Waals surface area contributed by atoms with Crippen molar-refractivity contribution in [1.82, 2.24) is 20.0 Å². The van der Waals surface area contributed by atoms with E-state index in [1.807, 2.05) is 36.4 Å². The van der Waals surface area contributed by atoms with Crippen molar-refractivity contribution in [2.45, 2.75) is 26.1 Å². The molecule has 1 amide bonds. The van der Waals surface area contributed by atoms with Crippen LogP contribution in [-0.2, 0) is 17.8 Å². The molecular formula is C23H25BrN4O2. The number of rotatable bonds is 6. The van der Waals surface area contributed by atoms with Gasteiger partial charge in [-0.2, -0.15) is 5.10 Å². The van der Waals surface area contributed by atoms with Crippen molar-refractivity contribution < 1.29 is 9.53 Å². The molecule has 1 aliphatic rings. The number of carbonyl (C=O) groups is 1. The number of hydrogen-bond donors (Lipinski definition) is 1. The number of carbonyl (C=O) groups excluding carboxylic acids is 1. The number of halogens is 1. The molecule has 1 aromatic heterocycles. The van der Waals surface area contributed by atoms with Gasteiger partial charge in [0.1, 0.15) is 0 Å². The Hall–Kier alpha value is -2.48. The lowest BCUT2D eigenvalue weighted by Crippen LogP contribution is -2.40. The van der Waals surface area contributed by atoms with Crippen LogP contribution in [0.2, 0.25) is 0 Å². The smallest absolute Gasteiger partial charge is 0.254 e. The van der Waals surface area contributed by atoms with Crippen molar-refractivity contribution >= 4 is 21.8 Å². The van der Waals surface area contributed by atoms with E-state index in [-0.39, 0.29) is 12.0 Å². The third-order valence-corrected chi connectivity index (χ3v) is 5.64. The number of hydrogen-bond acceptors (Lipinski definition) is 4. The molecule has 2 heterocycles. The Balaban J connectivity index is 1.34. The number of morpholine rings is 1. The maximum atomic E-state index is 12.6. The molecule has 0 spiro atoms. The molecule has 1 atom stereocenters. The second-order valence-electron chi connectivity index (χ2n) is 7.57. The van der Waals surface area contributed by atoms with Crippen molar-refractivity contribution in [2.75, 3.05) is 19.7 Å². The molecule has 0 saturated carbocycles. The molecule has 3 aromatic rings. The van der Waals surface area contributed by atoms with Crippen molar-refractivity contribution in [2.24, 2.45) is 0 Å². The third kappa shape index (κ3) is 5.36. The second-order valence-corrected chi connectivity index (χ2v) is 8.48. The quantitative estimate of drug-likeness (QED) is 0.597. The van der Waals surface area contributed by atoms with Crippen LogP contribution in [0.4, 0.5) is 0 Å². The first-order valence-corrected chi connectivity index (χ1v) is 10.9. The van der Waals surface area contributed by atoms with Crippen molar-refractivity contribution in [1.29, 1.82) is 0 Å². The van der Waals surface area contributed by atoms with Crippen LogP contribution >= 0.6 is 15.9 Å².